The van der Waals surface area contributed by atoms with Crippen LogP contribution in [0.1, 0.15) is 56.2 Å². The summed E-state index contributed by atoms with van der Waals surface area (Å²) in [4.78, 5) is 18.1. The molecular weight excluding hydrogens is 531 g/mol. The maximum atomic E-state index is 14.1. The summed E-state index contributed by atoms with van der Waals surface area (Å²) in [6.07, 6.45) is 5.11. The molecule has 0 saturated heterocycles. The molecule has 5 rings (SSSR count). The molecule has 9 heteroatoms. The van der Waals surface area contributed by atoms with Gasteiger partial charge in [-0.1, -0.05) is 64.4 Å². The van der Waals surface area contributed by atoms with Crippen molar-refractivity contribution in [2.45, 2.75) is 62.1 Å². The van der Waals surface area contributed by atoms with Gasteiger partial charge < -0.3 is 10.1 Å². The summed E-state index contributed by atoms with van der Waals surface area (Å²) in [5.74, 6) is 0.375. The number of fused-ring (bicyclic) bond motifs is 1. The van der Waals surface area contributed by atoms with Crippen molar-refractivity contribution in [3.63, 3.8) is 0 Å². The second-order valence-corrected chi connectivity index (χ2v) is 10.7. The van der Waals surface area contributed by atoms with Crippen LogP contribution >= 0.6 is 27.7 Å². The number of thioether (sulfide) groups is 1. The topological polar surface area (TPSA) is 69.0 Å². The third-order valence-corrected chi connectivity index (χ3v) is 7.79. The lowest BCUT2D eigenvalue weighted by Crippen LogP contribution is -2.32. The molecule has 1 saturated carbocycles. The molecular formula is C26H26BrFN4O2S. The Balaban J connectivity index is 1.45. The Labute approximate surface area is 216 Å². The van der Waals surface area contributed by atoms with E-state index in [4.69, 9.17) is 9.84 Å². The number of allylic oxidation sites excluding steroid dienone is 1. The highest BCUT2D eigenvalue weighted by Gasteiger charge is 2.36. The van der Waals surface area contributed by atoms with Crippen molar-refractivity contribution in [2.24, 2.45) is 0 Å². The molecule has 1 atom stereocenters. The number of hydrogen-bond acceptors (Lipinski definition) is 6. The number of aromatic nitrogens is 3. The minimum Gasteiger partial charge on any atom is -0.459 e. The molecule has 3 aromatic rings. The highest BCUT2D eigenvalue weighted by molar-refractivity contribution is 9.10. The molecule has 182 valence electrons. The lowest BCUT2D eigenvalue weighted by Gasteiger charge is -2.30. The van der Waals surface area contributed by atoms with E-state index >= 15 is 0 Å². The summed E-state index contributed by atoms with van der Waals surface area (Å²) in [5, 5.41) is 8.47. The fourth-order valence-electron chi connectivity index (χ4n) is 4.57. The van der Waals surface area contributed by atoms with Crippen LogP contribution in [0.25, 0.3) is 0 Å². The van der Waals surface area contributed by atoms with E-state index < -0.39 is 6.04 Å². The first-order valence-electron chi connectivity index (χ1n) is 11.8. The zero-order chi connectivity index (χ0) is 24.4. The van der Waals surface area contributed by atoms with E-state index in [-0.39, 0.29) is 17.9 Å². The third-order valence-electron chi connectivity index (χ3n) is 6.38. The number of nitrogens with one attached hydrogen (secondary N) is 1. The fourth-order valence-corrected chi connectivity index (χ4v) is 5.65. The van der Waals surface area contributed by atoms with E-state index in [1.54, 1.807) is 16.8 Å². The van der Waals surface area contributed by atoms with Gasteiger partial charge in [-0.15, -0.1) is 5.10 Å². The number of anilines is 1. The molecule has 0 radical (unpaired) electrons. The number of halogens is 2. The van der Waals surface area contributed by atoms with Gasteiger partial charge in [0.15, 0.2) is 0 Å². The van der Waals surface area contributed by atoms with Crippen LogP contribution in [0.5, 0.6) is 0 Å². The first kappa shape index (κ1) is 24.1. The van der Waals surface area contributed by atoms with Crippen LogP contribution in [-0.4, -0.2) is 26.8 Å². The van der Waals surface area contributed by atoms with Gasteiger partial charge in [0.2, 0.25) is 11.1 Å². The van der Waals surface area contributed by atoms with Gasteiger partial charge in [0.25, 0.3) is 0 Å². The number of hydrogen-bond donors (Lipinski definition) is 1. The summed E-state index contributed by atoms with van der Waals surface area (Å²) < 4.78 is 22.7. The van der Waals surface area contributed by atoms with Crippen molar-refractivity contribution >= 4 is 39.6 Å². The molecule has 1 N–H and O–H groups in total. The van der Waals surface area contributed by atoms with Crippen LogP contribution in [-0.2, 0) is 15.3 Å². The summed E-state index contributed by atoms with van der Waals surface area (Å²) in [6.45, 7) is 1.87. The molecule has 6 nitrogen and oxygen atoms in total. The van der Waals surface area contributed by atoms with Crippen molar-refractivity contribution in [3.05, 3.63) is 81.2 Å². The van der Waals surface area contributed by atoms with Crippen molar-refractivity contribution in [1.82, 2.24) is 14.8 Å². The number of esters is 1. The zero-order valence-electron chi connectivity index (χ0n) is 19.3. The van der Waals surface area contributed by atoms with E-state index in [9.17, 15) is 9.18 Å². The Morgan fingerprint density at radius 2 is 1.91 bits per heavy atom. The molecule has 35 heavy (non-hydrogen) atoms. The van der Waals surface area contributed by atoms with Crippen molar-refractivity contribution in [3.8, 4) is 0 Å². The highest BCUT2D eigenvalue weighted by Crippen LogP contribution is 2.38. The van der Waals surface area contributed by atoms with Crippen LogP contribution in [0.4, 0.5) is 10.3 Å². The Bertz CT molecular complexity index is 1250. The average Bonchev–Trinajstić information content (AvgIpc) is 3.26. The number of carbonyl (C=O) groups excluding carboxylic acids is 1. The summed E-state index contributed by atoms with van der Waals surface area (Å²) in [5.41, 5.74) is 2.72. The molecule has 1 aromatic heterocycles. The molecule has 2 heterocycles. The number of nitrogens with zero attached hydrogens (tertiary/aromatic N) is 3. The monoisotopic (exact) mass is 556 g/mol. The Hall–Kier alpha value is -2.65. The SMILES string of the molecule is CC1=C(C(=O)OC2CCCCC2)C(c2ccc(Br)cc2)n2nc(SCc3ccccc3F)nc2N1. The fraction of sp³-hybridized carbons (Fsp3) is 0.346. The number of benzene rings is 2. The molecule has 1 unspecified atom stereocenters. The quantitative estimate of drug-likeness (QED) is 0.271. The van der Waals surface area contributed by atoms with Gasteiger partial charge in [0.05, 0.1) is 5.57 Å². The van der Waals surface area contributed by atoms with E-state index in [0.717, 1.165) is 35.7 Å². The van der Waals surface area contributed by atoms with E-state index in [0.29, 0.717) is 33.7 Å². The largest absolute Gasteiger partial charge is 0.459 e. The predicted molar refractivity (Wildman–Crippen MR) is 138 cm³/mol. The average molecular weight is 557 g/mol. The van der Waals surface area contributed by atoms with Gasteiger partial charge >= 0.3 is 5.97 Å². The highest BCUT2D eigenvalue weighted by atomic mass is 79.9. The Morgan fingerprint density at radius 3 is 2.66 bits per heavy atom. The summed E-state index contributed by atoms with van der Waals surface area (Å²) in [7, 11) is 0. The van der Waals surface area contributed by atoms with Crippen LogP contribution in [0.2, 0.25) is 0 Å². The van der Waals surface area contributed by atoms with Gasteiger partial charge in [-0.2, -0.15) is 4.98 Å². The maximum absolute atomic E-state index is 14.1. The van der Waals surface area contributed by atoms with Crippen LogP contribution in [0, 0.1) is 5.82 Å². The third kappa shape index (κ3) is 5.30. The van der Waals surface area contributed by atoms with Gasteiger partial charge in [-0.3, -0.25) is 0 Å². The Morgan fingerprint density at radius 1 is 1.17 bits per heavy atom. The molecule has 1 aliphatic heterocycles. The standard InChI is InChI=1S/C26H26BrFN4O2S/c1-16-22(24(33)34-20-8-3-2-4-9-20)23(17-11-13-19(27)14-12-17)32-25(29-16)30-26(31-32)35-15-18-7-5-6-10-21(18)28/h5-7,10-14,20,23H,2-4,8-9,15H2,1H3,(H,29,30,31). The molecule has 0 spiro atoms. The summed E-state index contributed by atoms with van der Waals surface area (Å²) in [6, 6.07) is 14.0. The summed E-state index contributed by atoms with van der Waals surface area (Å²) >= 11 is 4.85. The van der Waals surface area contributed by atoms with Gasteiger partial charge in [-0.25, -0.2) is 13.9 Å². The number of carbonyl (C=O) groups is 1. The second kappa shape index (κ2) is 10.5. The number of ether oxygens (including phenoxy) is 1. The van der Waals surface area contributed by atoms with E-state index in [1.807, 2.05) is 37.3 Å². The number of rotatable bonds is 6. The van der Waals surface area contributed by atoms with Gasteiger partial charge in [0.1, 0.15) is 18.0 Å². The smallest absolute Gasteiger partial charge is 0.338 e. The normalized spacial score (nSPS) is 18.2. The lowest BCUT2D eigenvalue weighted by molar-refractivity contribution is -0.146. The molecule has 2 aromatic carbocycles. The molecule has 0 amide bonds. The molecule has 1 fully saturated rings. The molecule has 1 aliphatic carbocycles. The van der Waals surface area contributed by atoms with Crippen molar-refractivity contribution < 1.29 is 13.9 Å². The molecule has 0 bridgehead atoms. The van der Waals surface area contributed by atoms with Gasteiger partial charge in [0, 0.05) is 15.9 Å². The van der Waals surface area contributed by atoms with E-state index in [2.05, 4.69) is 26.2 Å². The van der Waals surface area contributed by atoms with Gasteiger partial charge in [-0.05, 0) is 61.9 Å². The first-order valence-corrected chi connectivity index (χ1v) is 13.5. The Kier molecular flexibility index (Phi) is 7.24. The van der Waals surface area contributed by atoms with Crippen LogP contribution < -0.4 is 5.32 Å². The minimum absolute atomic E-state index is 0.0499. The zero-order valence-corrected chi connectivity index (χ0v) is 21.7. The maximum Gasteiger partial charge on any atom is 0.338 e. The molecule has 2 aliphatic rings. The van der Waals surface area contributed by atoms with Crippen LogP contribution in [0.3, 0.4) is 0 Å². The first-order chi connectivity index (χ1) is 17.0. The predicted octanol–water partition coefficient (Wildman–Crippen LogP) is 6.64. The van der Waals surface area contributed by atoms with Crippen molar-refractivity contribution in [2.75, 3.05) is 5.32 Å². The minimum atomic E-state index is -0.481. The van der Waals surface area contributed by atoms with E-state index in [1.165, 1.54) is 24.2 Å². The van der Waals surface area contributed by atoms with Crippen molar-refractivity contribution in [1.29, 1.82) is 0 Å². The second-order valence-electron chi connectivity index (χ2n) is 8.83. The lowest BCUT2D eigenvalue weighted by atomic mass is 9.95. The van der Waals surface area contributed by atoms with Crippen LogP contribution in [0.15, 0.2) is 69.4 Å².